The summed E-state index contributed by atoms with van der Waals surface area (Å²) in [6, 6.07) is 13.4. The largest absolute Gasteiger partial charge is 0.381 e. The lowest BCUT2D eigenvalue weighted by Gasteiger charge is -2.11. The molecule has 0 amide bonds. The van der Waals surface area contributed by atoms with Crippen LogP contribution in [0.1, 0.15) is 11.1 Å². The molecule has 0 aromatic heterocycles. The van der Waals surface area contributed by atoms with Gasteiger partial charge in [0.2, 0.25) is 0 Å². The minimum atomic E-state index is 0.479. The third-order valence-corrected chi connectivity index (χ3v) is 3.53. The fraction of sp³-hybridized carbons (Fsp3) is 0.143. The van der Waals surface area contributed by atoms with E-state index in [1.54, 1.807) is 12.1 Å². The molecule has 0 bridgehead atoms. The van der Waals surface area contributed by atoms with Crippen LogP contribution in [0.3, 0.4) is 0 Å². The van der Waals surface area contributed by atoms with Crippen molar-refractivity contribution in [2.75, 3.05) is 5.32 Å². The van der Waals surface area contributed by atoms with Crippen molar-refractivity contribution in [3.63, 3.8) is 0 Å². The normalized spacial score (nSPS) is 10.4. The first-order chi connectivity index (χ1) is 8.70. The topological polar surface area (TPSA) is 12.0 Å². The standard InChI is InChI=1S/C14H12Cl3N/c15-8-10-3-1-2-4-14(10)18-9-11-7-12(16)5-6-13(11)17/h1-7,18H,8-9H2. The van der Waals surface area contributed by atoms with Crippen molar-refractivity contribution < 1.29 is 0 Å². The maximum atomic E-state index is 6.11. The second kappa shape index (κ2) is 6.33. The Labute approximate surface area is 122 Å². The summed E-state index contributed by atoms with van der Waals surface area (Å²) < 4.78 is 0. The van der Waals surface area contributed by atoms with Crippen LogP contribution in [0.2, 0.25) is 10.0 Å². The number of anilines is 1. The van der Waals surface area contributed by atoms with E-state index in [9.17, 15) is 0 Å². The Morgan fingerprint density at radius 3 is 2.50 bits per heavy atom. The molecule has 4 heteroatoms. The molecule has 0 aliphatic carbocycles. The molecule has 2 aromatic carbocycles. The maximum absolute atomic E-state index is 6.11. The van der Waals surface area contributed by atoms with Gasteiger partial charge in [0, 0.05) is 28.2 Å². The molecule has 18 heavy (non-hydrogen) atoms. The lowest BCUT2D eigenvalue weighted by molar-refractivity contribution is 1.14. The van der Waals surface area contributed by atoms with Gasteiger partial charge in [-0.15, -0.1) is 11.6 Å². The van der Waals surface area contributed by atoms with Crippen molar-refractivity contribution >= 4 is 40.5 Å². The fourth-order valence-electron chi connectivity index (χ4n) is 1.68. The number of hydrogen-bond donors (Lipinski definition) is 1. The van der Waals surface area contributed by atoms with Crippen LogP contribution in [-0.4, -0.2) is 0 Å². The zero-order valence-electron chi connectivity index (χ0n) is 9.59. The van der Waals surface area contributed by atoms with Crippen LogP contribution in [0.4, 0.5) is 5.69 Å². The summed E-state index contributed by atoms with van der Waals surface area (Å²) >= 11 is 17.9. The Bertz CT molecular complexity index is 540. The molecule has 0 fully saturated rings. The van der Waals surface area contributed by atoms with E-state index >= 15 is 0 Å². The van der Waals surface area contributed by atoms with Crippen LogP contribution in [0.15, 0.2) is 42.5 Å². The van der Waals surface area contributed by atoms with E-state index < -0.39 is 0 Å². The second-order valence-electron chi connectivity index (χ2n) is 3.88. The van der Waals surface area contributed by atoms with Gasteiger partial charge in [-0.1, -0.05) is 41.4 Å². The summed E-state index contributed by atoms with van der Waals surface area (Å²) in [4.78, 5) is 0. The summed E-state index contributed by atoms with van der Waals surface area (Å²) in [5.74, 6) is 0.479. The van der Waals surface area contributed by atoms with E-state index in [1.165, 1.54) is 0 Å². The predicted octanol–water partition coefficient (Wildman–Crippen LogP) is 5.34. The SMILES string of the molecule is ClCc1ccccc1NCc1cc(Cl)ccc1Cl. The van der Waals surface area contributed by atoms with Gasteiger partial charge in [-0.25, -0.2) is 0 Å². The van der Waals surface area contributed by atoms with Gasteiger partial charge in [0.25, 0.3) is 0 Å². The molecule has 0 atom stereocenters. The minimum Gasteiger partial charge on any atom is -0.381 e. The lowest BCUT2D eigenvalue weighted by atomic mass is 10.1. The van der Waals surface area contributed by atoms with Crippen LogP contribution in [-0.2, 0) is 12.4 Å². The molecule has 2 aromatic rings. The summed E-state index contributed by atoms with van der Waals surface area (Å²) in [6.07, 6.45) is 0. The van der Waals surface area contributed by atoms with E-state index in [-0.39, 0.29) is 0 Å². The van der Waals surface area contributed by atoms with E-state index in [0.29, 0.717) is 22.5 Å². The maximum Gasteiger partial charge on any atom is 0.0494 e. The second-order valence-corrected chi connectivity index (χ2v) is 4.99. The lowest BCUT2D eigenvalue weighted by Crippen LogP contribution is -2.02. The molecule has 0 radical (unpaired) electrons. The van der Waals surface area contributed by atoms with Crippen LogP contribution >= 0.6 is 34.8 Å². The van der Waals surface area contributed by atoms with E-state index in [0.717, 1.165) is 16.8 Å². The highest BCUT2D eigenvalue weighted by Gasteiger charge is 2.03. The van der Waals surface area contributed by atoms with E-state index in [1.807, 2.05) is 30.3 Å². The highest BCUT2D eigenvalue weighted by molar-refractivity contribution is 6.33. The van der Waals surface area contributed by atoms with Gasteiger partial charge in [-0.05, 0) is 35.4 Å². The van der Waals surface area contributed by atoms with Gasteiger partial charge in [-0.3, -0.25) is 0 Å². The van der Waals surface area contributed by atoms with Crippen molar-refractivity contribution in [1.29, 1.82) is 0 Å². The highest BCUT2D eigenvalue weighted by atomic mass is 35.5. The van der Waals surface area contributed by atoms with Crippen molar-refractivity contribution in [2.24, 2.45) is 0 Å². The Morgan fingerprint density at radius 2 is 1.72 bits per heavy atom. The summed E-state index contributed by atoms with van der Waals surface area (Å²) in [5, 5.41) is 4.71. The van der Waals surface area contributed by atoms with Crippen molar-refractivity contribution in [3.05, 3.63) is 63.6 Å². The van der Waals surface area contributed by atoms with Gasteiger partial charge in [0.15, 0.2) is 0 Å². The molecule has 1 nitrogen and oxygen atoms in total. The van der Waals surface area contributed by atoms with E-state index in [2.05, 4.69) is 5.32 Å². The highest BCUT2D eigenvalue weighted by Crippen LogP contribution is 2.23. The van der Waals surface area contributed by atoms with Gasteiger partial charge in [0.05, 0.1) is 0 Å². The smallest absolute Gasteiger partial charge is 0.0494 e. The van der Waals surface area contributed by atoms with Crippen LogP contribution in [0, 0.1) is 0 Å². The van der Waals surface area contributed by atoms with Gasteiger partial charge in [0.1, 0.15) is 0 Å². The molecule has 94 valence electrons. The molecule has 2 rings (SSSR count). The molecule has 1 N–H and O–H groups in total. The van der Waals surface area contributed by atoms with Crippen LogP contribution in [0.25, 0.3) is 0 Å². The Kier molecular flexibility index (Phi) is 4.76. The molecule has 0 spiro atoms. The van der Waals surface area contributed by atoms with Crippen molar-refractivity contribution in [2.45, 2.75) is 12.4 Å². The van der Waals surface area contributed by atoms with Crippen molar-refractivity contribution in [3.8, 4) is 0 Å². The number of alkyl halides is 1. The molecule has 0 heterocycles. The summed E-state index contributed by atoms with van der Waals surface area (Å²) in [6.45, 7) is 0.618. The van der Waals surface area contributed by atoms with Gasteiger partial charge < -0.3 is 5.32 Å². The number of hydrogen-bond acceptors (Lipinski definition) is 1. The average Bonchev–Trinajstić information content (AvgIpc) is 2.40. The zero-order chi connectivity index (χ0) is 13.0. The van der Waals surface area contributed by atoms with Gasteiger partial charge in [-0.2, -0.15) is 0 Å². The first-order valence-corrected chi connectivity index (χ1v) is 6.81. The summed E-state index contributed by atoms with van der Waals surface area (Å²) in [7, 11) is 0. The number of halogens is 3. The fourth-order valence-corrected chi connectivity index (χ4v) is 2.29. The average molecular weight is 301 g/mol. The van der Waals surface area contributed by atoms with E-state index in [4.69, 9.17) is 34.8 Å². The predicted molar refractivity (Wildman–Crippen MR) is 79.8 cm³/mol. The molecule has 0 saturated carbocycles. The number of benzene rings is 2. The first kappa shape index (κ1) is 13.5. The minimum absolute atomic E-state index is 0.479. The molecule has 0 saturated heterocycles. The Morgan fingerprint density at radius 1 is 0.944 bits per heavy atom. The third-order valence-electron chi connectivity index (χ3n) is 2.64. The van der Waals surface area contributed by atoms with Gasteiger partial charge >= 0.3 is 0 Å². The molecule has 0 aliphatic rings. The van der Waals surface area contributed by atoms with Crippen LogP contribution in [0.5, 0.6) is 0 Å². The molecule has 0 unspecified atom stereocenters. The molecule has 0 aliphatic heterocycles. The number of para-hydroxylation sites is 1. The summed E-state index contributed by atoms with van der Waals surface area (Å²) in [5.41, 5.74) is 3.05. The number of rotatable bonds is 4. The monoisotopic (exact) mass is 299 g/mol. The Hall–Kier alpha value is -0.890. The first-order valence-electron chi connectivity index (χ1n) is 5.52. The quantitative estimate of drug-likeness (QED) is 0.751. The number of nitrogens with one attached hydrogen (secondary N) is 1. The third kappa shape index (κ3) is 3.32. The zero-order valence-corrected chi connectivity index (χ0v) is 11.9. The molecular weight excluding hydrogens is 289 g/mol. The van der Waals surface area contributed by atoms with Crippen LogP contribution < -0.4 is 5.32 Å². The van der Waals surface area contributed by atoms with Crippen molar-refractivity contribution in [1.82, 2.24) is 0 Å². The molecular formula is C14H12Cl3N. The Balaban J connectivity index is 2.14.